The molecule has 0 aromatic carbocycles. The van der Waals surface area contributed by atoms with Crippen molar-refractivity contribution in [2.45, 2.75) is 25.8 Å². The first-order valence-electron chi connectivity index (χ1n) is 4.10. The van der Waals surface area contributed by atoms with Gasteiger partial charge in [0.2, 0.25) is 0 Å². The van der Waals surface area contributed by atoms with Gasteiger partial charge in [-0.1, -0.05) is 12.2 Å². The highest BCUT2D eigenvalue weighted by Crippen LogP contribution is 2.18. The first-order chi connectivity index (χ1) is 5.25. The molecule has 0 amide bonds. The predicted molar refractivity (Wildman–Crippen MR) is 45.4 cm³/mol. The Labute approximate surface area is 67.7 Å². The quantitative estimate of drug-likeness (QED) is 0.602. The van der Waals surface area contributed by atoms with Crippen molar-refractivity contribution in [3.8, 4) is 0 Å². The molecule has 1 aliphatic rings. The standard InChI is InChI=1S/C9H15NO/c1-7(11)8-5-3-4-6-9(8)10-2/h3,5,8-10H,4,6H2,1-2H3. The van der Waals surface area contributed by atoms with Crippen molar-refractivity contribution < 1.29 is 4.79 Å². The molecule has 0 fully saturated rings. The van der Waals surface area contributed by atoms with Crippen molar-refractivity contribution in [1.82, 2.24) is 5.32 Å². The number of hydrogen-bond donors (Lipinski definition) is 1. The van der Waals surface area contributed by atoms with Gasteiger partial charge in [0, 0.05) is 6.04 Å². The van der Waals surface area contributed by atoms with E-state index >= 15 is 0 Å². The molecule has 0 radical (unpaired) electrons. The lowest BCUT2D eigenvalue weighted by atomic mass is 9.88. The van der Waals surface area contributed by atoms with E-state index in [9.17, 15) is 4.79 Å². The Hall–Kier alpha value is -0.630. The van der Waals surface area contributed by atoms with Gasteiger partial charge in [0.15, 0.2) is 0 Å². The van der Waals surface area contributed by atoms with E-state index < -0.39 is 0 Å². The zero-order valence-electron chi connectivity index (χ0n) is 7.13. The molecule has 2 nitrogen and oxygen atoms in total. The normalized spacial score (nSPS) is 30.4. The maximum Gasteiger partial charge on any atom is 0.138 e. The van der Waals surface area contributed by atoms with Crippen LogP contribution in [0.1, 0.15) is 19.8 Å². The minimum atomic E-state index is 0.105. The lowest BCUT2D eigenvalue weighted by Gasteiger charge is -2.24. The summed E-state index contributed by atoms with van der Waals surface area (Å²) in [4.78, 5) is 11.1. The summed E-state index contributed by atoms with van der Waals surface area (Å²) in [6.07, 6.45) is 6.29. The largest absolute Gasteiger partial charge is 0.316 e. The predicted octanol–water partition coefficient (Wildman–Crippen LogP) is 1.13. The molecule has 0 spiro atoms. The zero-order valence-corrected chi connectivity index (χ0v) is 7.13. The summed E-state index contributed by atoms with van der Waals surface area (Å²) >= 11 is 0. The van der Waals surface area contributed by atoms with Gasteiger partial charge in [-0.25, -0.2) is 0 Å². The van der Waals surface area contributed by atoms with Crippen LogP contribution in [0.2, 0.25) is 0 Å². The Bertz CT molecular complexity index is 174. The Morgan fingerprint density at radius 3 is 2.82 bits per heavy atom. The van der Waals surface area contributed by atoms with Crippen molar-refractivity contribution in [2.24, 2.45) is 5.92 Å². The fourth-order valence-electron chi connectivity index (χ4n) is 1.58. The van der Waals surface area contributed by atoms with Crippen LogP contribution in [-0.2, 0) is 4.79 Å². The van der Waals surface area contributed by atoms with E-state index in [1.54, 1.807) is 6.92 Å². The van der Waals surface area contributed by atoms with Crippen LogP contribution in [0.15, 0.2) is 12.2 Å². The summed E-state index contributed by atoms with van der Waals surface area (Å²) in [5, 5.41) is 3.16. The van der Waals surface area contributed by atoms with Crippen molar-refractivity contribution >= 4 is 5.78 Å². The summed E-state index contributed by atoms with van der Waals surface area (Å²) < 4.78 is 0. The van der Waals surface area contributed by atoms with Crippen molar-refractivity contribution in [1.29, 1.82) is 0 Å². The number of carbonyl (C=O) groups excluding carboxylic acids is 1. The second kappa shape index (κ2) is 3.67. The number of Topliss-reactive ketones (excluding diaryl/α,β-unsaturated/α-hetero) is 1. The molecule has 2 atom stereocenters. The third kappa shape index (κ3) is 1.90. The Morgan fingerprint density at radius 2 is 2.36 bits per heavy atom. The van der Waals surface area contributed by atoms with Gasteiger partial charge in [-0.2, -0.15) is 0 Å². The molecule has 1 N–H and O–H groups in total. The van der Waals surface area contributed by atoms with Crippen LogP contribution in [0.3, 0.4) is 0 Å². The number of allylic oxidation sites excluding steroid dienone is 1. The summed E-state index contributed by atoms with van der Waals surface area (Å²) in [6.45, 7) is 1.66. The van der Waals surface area contributed by atoms with Crippen LogP contribution < -0.4 is 5.32 Å². The van der Waals surface area contributed by atoms with E-state index in [1.165, 1.54) is 0 Å². The second-order valence-corrected chi connectivity index (χ2v) is 3.04. The van der Waals surface area contributed by atoms with E-state index in [1.807, 2.05) is 13.1 Å². The Morgan fingerprint density at radius 1 is 1.64 bits per heavy atom. The highest BCUT2D eigenvalue weighted by atomic mass is 16.1. The SMILES string of the molecule is CNC1CCC=CC1C(C)=O. The van der Waals surface area contributed by atoms with Crippen LogP contribution in [0.4, 0.5) is 0 Å². The Balaban J connectivity index is 2.64. The minimum Gasteiger partial charge on any atom is -0.316 e. The molecule has 0 aromatic rings. The van der Waals surface area contributed by atoms with E-state index in [0.717, 1.165) is 12.8 Å². The molecule has 0 heterocycles. The first-order valence-corrected chi connectivity index (χ1v) is 4.10. The smallest absolute Gasteiger partial charge is 0.138 e. The molecule has 0 saturated carbocycles. The first kappa shape index (κ1) is 8.47. The number of hydrogen-bond acceptors (Lipinski definition) is 2. The summed E-state index contributed by atoms with van der Waals surface area (Å²) in [6, 6.07) is 0.359. The molecule has 62 valence electrons. The summed E-state index contributed by atoms with van der Waals surface area (Å²) in [7, 11) is 1.92. The van der Waals surface area contributed by atoms with Crippen molar-refractivity contribution in [3.63, 3.8) is 0 Å². The van der Waals surface area contributed by atoms with Gasteiger partial charge in [-0.15, -0.1) is 0 Å². The van der Waals surface area contributed by atoms with E-state index in [-0.39, 0.29) is 11.7 Å². The molecule has 0 saturated heterocycles. The van der Waals surface area contributed by atoms with Gasteiger partial charge < -0.3 is 5.32 Å². The lowest BCUT2D eigenvalue weighted by molar-refractivity contribution is -0.120. The summed E-state index contributed by atoms with van der Waals surface area (Å²) in [5.74, 6) is 0.369. The van der Waals surface area contributed by atoms with Gasteiger partial charge in [0.1, 0.15) is 5.78 Å². The molecule has 2 unspecified atom stereocenters. The molecule has 1 aliphatic carbocycles. The fourth-order valence-corrected chi connectivity index (χ4v) is 1.58. The number of ketones is 1. The van der Waals surface area contributed by atoms with Gasteiger partial charge in [-0.05, 0) is 26.8 Å². The number of rotatable bonds is 2. The maximum atomic E-state index is 11.1. The van der Waals surface area contributed by atoms with Crippen molar-refractivity contribution in [3.05, 3.63) is 12.2 Å². The van der Waals surface area contributed by atoms with Gasteiger partial charge in [0.25, 0.3) is 0 Å². The minimum absolute atomic E-state index is 0.105. The second-order valence-electron chi connectivity index (χ2n) is 3.04. The maximum absolute atomic E-state index is 11.1. The van der Waals surface area contributed by atoms with E-state index in [0.29, 0.717) is 6.04 Å². The number of nitrogens with one attached hydrogen (secondary N) is 1. The highest BCUT2D eigenvalue weighted by molar-refractivity contribution is 5.81. The van der Waals surface area contributed by atoms with Crippen LogP contribution >= 0.6 is 0 Å². The van der Waals surface area contributed by atoms with E-state index in [4.69, 9.17) is 0 Å². The Kier molecular flexibility index (Phi) is 2.83. The monoisotopic (exact) mass is 153 g/mol. The lowest BCUT2D eigenvalue weighted by Crippen LogP contribution is -2.37. The molecule has 0 aliphatic heterocycles. The molecule has 2 heteroatoms. The summed E-state index contributed by atoms with van der Waals surface area (Å²) in [5.41, 5.74) is 0. The van der Waals surface area contributed by atoms with Crippen LogP contribution in [-0.4, -0.2) is 18.9 Å². The highest BCUT2D eigenvalue weighted by Gasteiger charge is 2.23. The molecule has 11 heavy (non-hydrogen) atoms. The molecule has 1 rings (SSSR count). The van der Waals surface area contributed by atoms with E-state index in [2.05, 4.69) is 11.4 Å². The third-order valence-electron chi connectivity index (χ3n) is 2.26. The van der Waals surface area contributed by atoms with Crippen LogP contribution in [0, 0.1) is 5.92 Å². The molecular formula is C9H15NO. The molecule has 0 bridgehead atoms. The average molecular weight is 153 g/mol. The molecular weight excluding hydrogens is 138 g/mol. The van der Waals surface area contributed by atoms with Crippen LogP contribution in [0.25, 0.3) is 0 Å². The van der Waals surface area contributed by atoms with Crippen molar-refractivity contribution in [2.75, 3.05) is 7.05 Å². The topological polar surface area (TPSA) is 29.1 Å². The third-order valence-corrected chi connectivity index (χ3v) is 2.26. The molecule has 0 aromatic heterocycles. The van der Waals surface area contributed by atoms with Gasteiger partial charge in [0.05, 0.1) is 5.92 Å². The fraction of sp³-hybridized carbons (Fsp3) is 0.667. The van der Waals surface area contributed by atoms with Gasteiger partial charge in [-0.3, -0.25) is 4.79 Å². The average Bonchev–Trinajstić information content (AvgIpc) is 2.04. The number of carbonyl (C=O) groups is 1. The zero-order chi connectivity index (χ0) is 8.27. The van der Waals surface area contributed by atoms with Crippen LogP contribution in [0.5, 0.6) is 0 Å². The van der Waals surface area contributed by atoms with Gasteiger partial charge >= 0.3 is 0 Å².